The van der Waals surface area contributed by atoms with Crippen LogP contribution in [-0.2, 0) is 4.74 Å². The number of ether oxygens (including phenoxy) is 1. The molecule has 3 atom stereocenters. The van der Waals surface area contributed by atoms with Crippen LogP contribution in [0.2, 0.25) is 0 Å². The van der Waals surface area contributed by atoms with Gasteiger partial charge in [0.1, 0.15) is 0 Å². The number of alkyl halides is 1. The van der Waals surface area contributed by atoms with Crippen LogP contribution in [-0.4, -0.2) is 12.7 Å². The van der Waals surface area contributed by atoms with Crippen molar-refractivity contribution in [1.29, 1.82) is 0 Å². The quantitative estimate of drug-likeness (QED) is 0.719. The molecule has 0 N–H and O–H groups in total. The fourth-order valence-corrected chi connectivity index (χ4v) is 2.92. The second kappa shape index (κ2) is 5.41. The maximum absolute atomic E-state index is 6.56. The average molecular weight is 253 g/mol. The first-order chi connectivity index (χ1) is 8.09. The molecule has 1 aliphatic rings. The molecule has 1 nitrogen and oxygen atoms in total. The Bertz CT molecular complexity index is 358. The Balaban J connectivity index is 2.11. The van der Waals surface area contributed by atoms with E-state index in [-0.39, 0.29) is 11.5 Å². The van der Waals surface area contributed by atoms with Gasteiger partial charge in [-0.25, -0.2) is 0 Å². The first-order valence-electron chi connectivity index (χ1n) is 6.45. The van der Waals surface area contributed by atoms with Gasteiger partial charge in [0.15, 0.2) is 0 Å². The summed E-state index contributed by atoms with van der Waals surface area (Å²) in [5.74, 6) is 1.02. The number of rotatable bonds is 3. The van der Waals surface area contributed by atoms with E-state index in [1.54, 1.807) is 0 Å². The SMILES string of the molecule is CC(C)c1ccc(C(Cl)C2CCOC2C)cc1. The molecule has 0 bridgehead atoms. The summed E-state index contributed by atoms with van der Waals surface area (Å²) in [5, 5.41) is 0.0775. The highest BCUT2D eigenvalue weighted by Gasteiger charge is 2.31. The fourth-order valence-electron chi connectivity index (χ4n) is 2.44. The second-order valence-corrected chi connectivity index (χ2v) is 5.72. The standard InChI is InChI=1S/C15H21ClO/c1-10(2)12-4-6-13(7-5-12)15(16)14-8-9-17-11(14)3/h4-7,10-11,14-15H,8-9H2,1-3H3. The van der Waals surface area contributed by atoms with Gasteiger partial charge in [0.2, 0.25) is 0 Å². The maximum atomic E-state index is 6.56. The van der Waals surface area contributed by atoms with Gasteiger partial charge in [0, 0.05) is 12.5 Å². The molecular weight excluding hydrogens is 232 g/mol. The smallest absolute Gasteiger partial charge is 0.0638 e. The predicted octanol–water partition coefficient (Wildman–Crippen LogP) is 4.51. The minimum atomic E-state index is 0.0775. The molecule has 3 unspecified atom stereocenters. The van der Waals surface area contributed by atoms with Crippen LogP contribution >= 0.6 is 11.6 Å². The van der Waals surface area contributed by atoms with Gasteiger partial charge in [0.25, 0.3) is 0 Å². The summed E-state index contributed by atoms with van der Waals surface area (Å²) < 4.78 is 5.59. The zero-order valence-corrected chi connectivity index (χ0v) is 11.6. The summed E-state index contributed by atoms with van der Waals surface area (Å²) in [7, 11) is 0. The largest absolute Gasteiger partial charge is 0.378 e. The van der Waals surface area contributed by atoms with Crippen LogP contribution < -0.4 is 0 Å². The maximum Gasteiger partial charge on any atom is 0.0638 e. The van der Waals surface area contributed by atoms with Gasteiger partial charge in [0.05, 0.1) is 11.5 Å². The number of hydrogen-bond acceptors (Lipinski definition) is 1. The van der Waals surface area contributed by atoms with Crippen molar-refractivity contribution in [1.82, 2.24) is 0 Å². The van der Waals surface area contributed by atoms with E-state index in [4.69, 9.17) is 16.3 Å². The Labute approximate surface area is 109 Å². The summed E-state index contributed by atoms with van der Waals surface area (Å²) in [5.41, 5.74) is 2.59. The van der Waals surface area contributed by atoms with Crippen LogP contribution in [0.5, 0.6) is 0 Å². The minimum Gasteiger partial charge on any atom is -0.378 e. The molecular formula is C15H21ClO. The lowest BCUT2D eigenvalue weighted by Crippen LogP contribution is -2.16. The summed E-state index contributed by atoms with van der Waals surface area (Å²) in [6.45, 7) is 7.38. The average Bonchev–Trinajstić information content (AvgIpc) is 2.74. The van der Waals surface area contributed by atoms with E-state index in [0.29, 0.717) is 11.8 Å². The molecule has 1 aromatic rings. The van der Waals surface area contributed by atoms with Gasteiger partial charge in [-0.15, -0.1) is 11.6 Å². The number of hydrogen-bond donors (Lipinski definition) is 0. The third-order valence-corrected chi connectivity index (χ3v) is 4.31. The van der Waals surface area contributed by atoms with Crippen molar-refractivity contribution < 1.29 is 4.74 Å². The van der Waals surface area contributed by atoms with Gasteiger partial charge in [-0.1, -0.05) is 38.1 Å². The molecule has 94 valence electrons. The summed E-state index contributed by atoms with van der Waals surface area (Å²) in [4.78, 5) is 0. The minimum absolute atomic E-state index is 0.0775. The molecule has 1 aliphatic heterocycles. The Morgan fingerprint density at radius 2 is 1.76 bits per heavy atom. The van der Waals surface area contributed by atoms with E-state index < -0.39 is 0 Å². The van der Waals surface area contributed by atoms with Crippen LogP contribution in [0.15, 0.2) is 24.3 Å². The molecule has 0 amide bonds. The van der Waals surface area contributed by atoms with Crippen LogP contribution in [0, 0.1) is 5.92 Å². The van der Waals surface area contributed by atoms with E-state index in [2.05, 4.69) is 45.0 Å². The van der Waals surface area contributed by atoms with Gasteiger partial charge in [-0.2, -0.15) is 0 Å². The highest BCUT2D eigenvalue weighted by Crippen LogP contribution is 2.38. The van der Waals surface area contributed by atoms with Crippen molar-refractivity contribution in [3.8, 4) is 0 Å². The molecule has 1 fully saturated rings. The summed E-state index contributed by atoms with van der Waals surface area (Å²) in [6.07, 6.45) is 1.35. The Kier molecular flexibility index (Phi) is 4.11. The molecule has 0 spiro atoms. The molecule has 2 rings (SSSR count). The van der Waals surface area contributed by atoms with Crippen LogP contribution in [0.1, 0.15) is 49.6 Å². The molecule has 1 saturated heterocycles. The van der Waals surface area contributed by atoms with Gasteiger partial charge < -0.3 is 4.74 Å². The van der Waals surface area contributed by atoms with Crippen LogP contribution in [0.3, 0.4) is 0 Å². The first-order valence-corrected chi connectivity index (χ1v) is 6.88. The van der Waals surface area contributed by atoms with Crippen molar-refractivity contribution >= 4 is 11.6 Å². The molecule has 17 heavy (non-hydrogen) atoms. The van der Waals surface area contributed by atoms with Crippen molar-refractivity contribution in [3.05, 3.63) is 35.4 Å². The second-order valence-electron chi connectivity index (χ2n) is 5.25. The highest BCUT2D eigenvalue weighted by atomic mass is 35.5. The van der Waals surface area contributed by atoms with Crippen LogP contribution in [0.4, 0.5) is 0 Å². The van der Waals surface area contributed by atoms with Crippen molar-refractivity contribution in [2.75, 3.05) is 6.61 Å². The zero-order chi connectivity index (χ0) is 12.4. The van der Waals surface area contributed by atoms with Gasteiger partial charge in [-0.05, 0) is 30.4 Å². The Morgan fingerprint density at radius 1 is 1.18 bits per heavy atom. The lowest BCUT2D eigenvalue weighted by molar-refractivity contribution is 0.105. The monoisotopic (exact) mass is 252 g/mol. The number of halogens is 1. The summed E-state index contributed by atoms with van der Waals surface area (Å²) in [6, 6.07) is 8.71. The van der Waals surface area contributed by atoms with E-state index in [9.17, 15) is 0 Å². The lowest BCUT2D eigenvalue weighted by Gasteiger charge is -2.21. The highest BCUT2D eigenvalue weighted by molar-refractivity contribution is 6.21. The lowest BCUT2D eigenvalue weighted by atomic mass is 9.92. The van der Waals surface area contributed by atoms with E-state index in [0.717, 1.165) is 13.0 Å². The molecule has 0 aromatic heterocycles. The normalized spacial score (nSPS) is 26.4. The van der Waals surface area contributed by atoms with Crippen molar-refractivity contribution in [2.24, 2.45) is 5.92 Å². The van der Waals surface area contributed by atoms with Crippen LogP contribution in [0.25, 0.3) is 0 Å². The topological polar surface area (TPSA) is 9.23 Å². The van der Waals surface area contributed by atoms with Gasteiger partial charge >= 0.3 is 0 Å². The van der Waals surface area contributed by atoms with E-state index >= 15 is 0 Å². The number of benzene rings is 1. The Hall–Kier alpha value is -0.530. The van der Waals surface area contributed by atoms with E-state index in [1.165, 1.54) is 11.1 Å². The van der Waals surface area contributed by atoms with Crippen molar-refractivity contribution in [3.63, 3.8) is 0 Å². The fraction of sp³-hybridized carbons (Fsp3) is 0.600. The molecule has 1 heterocycles. The third-order valence-electron chi connectivity index (χ3n) is 3.73. The Morgan fingerprint density at radius 3 is 2.24 bits per heavy atom. The molecule has 1 aromatic carbocycles. The first kappa shape index (κ1) is 12.9. The van der Waals surface area contributed by atoms with Gasteiger partial charge in [-0.3, -0.25) is 0 Å². The third kappa shape index (κ3) is 2.83. The summed E-state index contributed by atoms with van der Waals surface area (Å²) >= 11 is 6.56. The molecule has 2 heteroatoms. The molecule has 0 aliphatic carbocycles. The van der Waals surface area contributed by atoms with E-state index in [1.807, 2.05) is 0 Å². The molecule has 0 radical (unpaired) electrons. The molecule has 0 saturated carbocycles. The zero-order valence-electron chi connectivity index (χ0n) is 10.8. The predicted molar refractivity (Wildman–Crippen MR) is 72.6 cm³/mol. The van der Waals surface area contributed by atoms with Crippen molar-refractivity contribution in [2.45, 2.75) is 44.6 Å².